The smallest absolute Gasteiger partial charge is 0.222 e. The average Bonchev–Trinajstić information content (AvgIpc) is 2.61. The van der Waals surface area contributed by atoms with Gasteiger partial charge in [0.1, 0.15) is 0 Å². The van der Waals surface area contributed by atoms with Crippen molar-refractivity contribution in [2.24, 2.45) is 11.8 Å². The zero-order valence-electron chi connectivity index (χ0n) is 15.7. The number of nitrogens with zero attached hydrogens (tertiary/aromatic N) is 3. The molecule has 0 bridgehead atoms. The quantitative estimate of drug-likeness (QED) is 0.773. The maximum Gasteiger partial charge on any atom is 0.222 e. The van der Waals surface area contributed by atoms with Crippen molar-refractivity contribution in [3.05, 3.63) is 0 Å². The van der Waals surface area contributed by atoms with Gasteiger partial charge in [-0.2, -0.15) is 0 Å². The molecular weight excluding hydrogens is 298 g/mol. The van der Waals surface area contributed by atoms with Crippen molar-refractivity contribution in [3.8, 4) is 0 Å². The number of likely N-dealkylation sites (N-methyl/N-ethyl adjacent to an activating group) is 1. The van der Waals surface area contributed by atoms with Gasteiger partial charge in [-0.25, -0.2) is 0 Å². The van der Waals surface area contributed by atoms with Crippen LogP contribution in [0.15, 0.2) is 0 Å². The SMILES string of the molecule is CN1CCN(C(=O)CCC2CCCN(CC3CCCCC3)C2)CC1. The van der Waals surface area contributed by atoms with Crippen molar-refractivity contribution < 1.29 is 4.79 Å². The van der Waals surface area contributed by atoms with E-state index in [1.165, 1.54) is 64.6 Å². The third-order valence-electron chi connectivity index (χ3n) is 6.47. The van der Waals surface area contributed by atoms with Gasteiger partial charge in [-0.05, 0) is 57.5 Å². The zero-order valence-corrected chi connectivity index (χ0v) is 15.7. The molecular formula is C20H37N3O. The first-order chi connectivity index (χ1) is 11.7. The molecule has 1 saturated carbocycles. The second-order valence-electron chi connectivity index (χ2n) is 8.49. The van der Waals surface area contributed by atoms with Crippen LogP contribution >= 0.6 is 0 Å². The number of piperidine rings is 1. The van der Waals surface area contributed by atoms with E-state index in [1.54, 1.807) is 0 Å². The minimum absolute atomic E-state index is 0.396. The molecule has 3 rings (SSSR count). The van der Waals surface area contributed by atoms with E-state index in [4.69, 9.17) is 0 Å². The molecule has 3 aliphatic rings. The first kappa shape index (κ1) is 18.2. The summed E-state index contributed by atoms with van der Waals surface area (Å²) in [6, 6.07) is 0. The summed E-state index contributed by atoms with van der Waals surface area (Å²) in [6.07, 6.45) is 11.8. The van der Waals surface area contributed by atoms with Crippen molar-refractivity contribution in [2.75, 3.05) is 52.9 Å². The Morgan fingerprint density at radius 2 is 1.58 bits per heavy atom. The maximum atomic E-state index is 12.4. The van der Waals surface area contributed by atoms with Gasteiger partial charge < -0.3 is 14.7 Å². The van der Waals surface area contributed by atoms with Gasteiger partial charge in [-0.3, -0.25) is 4.79 Å². The number of carbonyl (C=O) groups is 1. The molecule has 24 heavy (non-hydrogen) atoms. The summed E-state index contributed by atoms with van der Waals surface area (Å²) in [7, 11) is 2.14. The molecule has 2 saturated heterocycles. The molecule has 2 aliphatic heterocycles. The predicted octanol–water partition coefficient (Wildman–Crippen LogP) is 2.83. The van der Waals surface area contributed by atoms with Gasteiger partial charge in [0.2, 0.25) is 5.91 Å². The summed E-state index contributed by atoms with van der Waals surface area (Å²) in [5.41, 5.74) is 0. The standard InChI is InChI=1S/C20H37N3O/c1-21-12-14-23(15-13-21)20(24)10-9-19-8-5-11-22(17-19)16-18-6-3-2-4-7-18/h18-19H,2-17H2,1H3. The monoisotopic (exact) mass is 335 g/mol. The van der Waals surface area contributed by atoms with Crippen molar-refractivity contribution >= 4 is 5.91 Å². The third-order valence-corrected chi connectivity index (χ3v) is 6.47. The van der Waals surface area contributed by atoms with Crippen LogP contribution in [0, 0.1) is 11.8 Å². The van der Waals surface area contributed by atoms with Crippen LogP contribution in [0.1, 0.15) is 57.8 Å². The van der Waals surface area contributed by atoms with E-state index in [1.807, 2.05) is 0 Å². The van der Waals surface area contributed by atoms with Gasteiger partial charge in [0, 0.05) is 45.7 Å². The van der Waals surface area contributed by atoms with Gasteiger partial charge in [0.25, 0.3) is 0 Å². The normalized spacial score (nSPS) is 28.2. The van der Waals surface area contributed by atoms with Crippen molar-refractivity contribution in [1.82, 2.24) is 14.7 Å². The lowest BCUT2D eigenvalue weighted by Gasteiger charge is -2.36. The van der Waals surface area contributed by atoms with Crippen LogP contribution in [0.3, 0.4) is 0 Å². The number of likely N-dealkylation sites (tertiary alicyclic amines) is 1. The molecule has 2 heterocycles. The van der Waals surface area contributed by atoms with Crippen molar-refractivity contribution in [2.45, 2.75) is 57.8 Å². The summed E-state index contributed by atoms with van der Waals surface area (Å²) < 4.78 is 0. The predicted molar refractivity (Wildman–Crippen MR) is 99.1 cm³/mol. The summed E-state index contributed by atoms with van der Waals surface area (Å²) in [4.78, 5) is 19.6. The molecule has 4 nitrogen and oxygen atoms in total. The van der Waals surface area contributed by atoms with Crippen LogP contribution in [-0.4, -0.2) is 73.5 Å². The number of rotatable bonds is 5. The molecule has 0 spiro atoms. The Bertz CT molecular complexity index is 386. The number of hydrogen-bond acceptors (Lipinski definition) is 3. The molecule has 0 N–H and O–H groups in total. The second kappa shape index (κ2) is 9.19. The first-order valence-corrected chi connectivity index (χ1v) is 10.4. The molecule has 0 aromatic carbocycles. The van der Waals surface area contributed by atoms with Gasteiger partial charge in [-0.15, -0.1) is 0 Å². The largest absolute Gasteiger partial charge is 0.340 e. The van der Waals surface area contributed by atoms with E-state index in [0.717, 1.165) is 50.9 Å². The number of hydrogen-bond donors (Lipinski definition) is 0. The van der Waals surface area contributed by atoms with Crippen LogP contribution in [0.25, 0.3) is 0 Å². The van der Waals surface area contributed by atoms with Gasteiger partial charge in [0.15, 0.2) is 0 Å². The summed E-state index contributed by atoms with van der Waals surface area (Å²) in [6.45, 7) is 7.77. The van der Waals surface area contributed by atoms with E-state index in [-0.39, 0.29) is 0 Å². The van der Waals surface area contributed by atoms with Gasteiger partial charge in [-0.1, -0.05) is 19.3 Å². The van der Waals surface area contributed by atoms with Crippen molar-refractivity contribution in [3.63, 3.8) is 0 Å². The first-order valence-electron chi connectivity index (χ1n) is 10.4. The van der Waals surface area contributed by atoms with Crippen LogP contribution in [0.2, 0.25) is 0 Å². The summed E-state index contributed by atoms with van der Waals surface area (Å²) in [5.74, 6) is 2.09. The van der Waals surface area contributed by atoms with E-state index in [2.05, 4.69) is 21.7 Å². The van der Waals surface area contributed by atoms with E-state index >= 15 is 0 Å². The summed E-state index contributed by atoms with van der Waals surface area (Å²) in [5, 5.41) is 0. The van der Waals surface area contributed by atoms with Crippen LogP contribution in [0.4, 0.5) is 0 Å². The third kappa shape index (κ3) is 5.45. The number of piperazine rings is 1. The fourth-order valence-corrected chi connectivity index (χ4v) is 4.83. The Morgan fingerprint density at radius 1 is 0.875 bits per heavy atom. The van der Waals surface area contributed by atoms with E-state index in [0.29, 0.717) is 5.91 Å². The highest BCUT2D eigenvalue weighted by molar-refractivity contribution is 5.76. The second-order valence-corrected chi connectivity index (χ2v) is 8.49. The lowest BCUT2D eigenvalue weighted by Crippen LogP contribution is -2.47. The Kier molecular flexibility index (Phi) is 6.96. The zero-order chi connectivity index (χ0) is 16.8. The Morgan fingerprint density at radius 3 is 2.33 bits per heavy atom. The molecule has 0 aromatic heterocycles. The Hall–Kier alpha value is -0.610. The van der Waals surface area contributed by atoms with Crippen LogP contribution < -0.4 is 0 Å². The highest BCUT2D eigenvalue weighted by Crippen LogP contribution is 2.27. The van der Waals surface area contributed by atoms with Gasteiger partial charge in [0.05, 0.1) is 0 Å². The van der Waals surface area contributed by atoms with Crippen molar-refractivity contribution in [1.29, 1.82) is 0 Å². The van der Waals surface area contributed by atoms with Gasteiger partial charge >= 0.3 is 0 Å². The molecule has 1 amide bonds. The van der Waals surface area contributed by atoms with E-state index < -0.39 is 0 Å². The average molecular weight is 336 g/mol. The molecule has 1 aliphatic carbocycles. The highest BCUT2D eigenvalue weighted by atomic mass is 16.2. The molecule has 138 valence electrons. The fourth-order valence-electron chi connectivity index (χ4n) is 4.83. The lowest BCUT2D eigenvalue weighted by molar-refractivity contribution is -0.133. The highest BCUT2D eigenvalue weighted by Gasteiger charge is 2.25. The number of amides is 1. The maximum absolute atomic E-state index is 12.4. The molecule has 1 unspecified atom stereocenters. The Labute approximate surface area is 148 Å². The molecule has 4 heteroatoms. The molecule has 0 aromatic rings. The molecule has 1 atom stereocenters. The molecule has 0 radical (unpaired) electrons. The topological polar surface area (TPSA) is 26.8 Å². The molecule has 3 fully saturated rings. The minimum atomic E-state index is 0.396. The van der Waals surface area contributed by atoms with Crippen LogP contribution in [-0.2, 0) is 4.79 Å². The fraction of sp³-hybridized carbons (Fsp3) is 0.950. The minimum Gasteiger partial charge on any atom is -0.340 e. The van der Waals surface area contributed by atoms with E-state index in [9.17, 15) is 4.79 Å². The lowest BCUT2D eigenvalue weighted by atomic mass is 9.87. The van der Waals surface area contributed by atoms with Crippen LogP contribution in [0.5, 0.6) is 0 Å². The number of carbonyl (C=O) groups excluding carboxylic acids is 1. The Balaban J connectivity index is 1.36. The summed E-state index contributed by atoms with van der Waals surface area (Å²) >= 11 is 0.